The number of benzene rings is 1. The molecule has 0 saturated carbocycles. The van der Waals surface area contributed by atoms with Crippen molar-refractivity contribution in [3.05, 3.63) is 35.9 Å². The van der Waals surface area contributed by atoms with E-state index >= 15 is 0 Å². The summed E-state index contributed by atoms with van der Waals surface area (Å²) < 4.78 is 0. The van der Waals surface area contributed by atoms with Crippen molar-refractivity contribution in [3.8, 4) is 0 Å². The molecule has 134 valence electrons. The molecule has 0 aromatic heterocycles. The maximum absolute atomic E-state index is 12.7. The third-order valence-electron chi connectivity index (χ3n) is 5.21. The predicted molar refractivity (Wildman–Crippen MR) is 91.9 cm³/mol. The van der Waals surface area contributed by atoms with Gasteiger partial charge in [-0.1, -0.05) is 36.8 Å². The van der Waals surface area contributed by atoms with Gasteiger partial charge in [0.2, 0.25) is 11.8 Å². The average Bonchev–Trinajstić information content (AvgIpc) is 2.97. The molecule has 25 heavy (non-hydrogen) atoms. The lowest BCUT2D eigenvalue weighted by Gasteiger charge is -2.24. The minimum atomic E-state index is -0.880. The quantitative estimate of drug-likeness (QED) is 0.902. The van der Waals surface area contributed by atoms with Gasteiger partial charge in [0.05, 0.1) is 12.5 Å². The van der Waals surface area contributed by atoms with Crippen LogP contribution in [-0.4, -0.2) is 58.9 Å². The third-order valence-corrected chi connectivity index (χ3v) is 5.21. The standard InChI is InChI=1S/C19H24N2O4/c22-17-9-5-2-6-10-20(17)13-18(23)21-11-15(16(12-21)19(24)25)14-7-3-1-4-8-14/h1,3-4,7-8,15-16H,2,5-6,9-13H2,(H,24,25)/t15-,16+/m0/s1. The first kappa shape index (κ1) is 17.5. The van der Waals surface area contributed by atoms with E-state index in [0.29, 0.717) is 19.5 Å². The van der Waals surface area contributed by atoms with Gasteiger partial charge in [-0.3, -0.25) is 14.4 Å². The van der Waals surface area contributed by atoms with Gasteiger partial charge in [-0.05, 0) is 18.4 Å². The molecule has 3 rings (SSSR count). The fraction of sp³-hybridized carbons (Fsp3) is 0.526. The van der Waals surface area contributed by atoms with E-state index in [0.717, 1.165) is 24.8 Å². The van der Waals surface area contributed by atoms with Crippen LogP contribution in [0.2, 0.25) is 0 Å². The van der Waals surface area contributed by atoms with Crippen molar-refractivity contribution in [3.63, 3.8) is 0 Å². The SMILES string of the molecule is O=C(O)[C@@H]1CN(C(=O)CN2CCCCCC2=O)C[C@H]1c1ccccc1. The molecule has 2 aliphatic rings. The third kappa shape index (κ3) is 4.00. The molecule has 1 N–H and O–H groups in total. The second-order valence-electron chi connectivity index (χ2n) is 6.89. The van der Waals surface area contributed by atoms with E-state index in [1.165, 1.54) is 0 Å². The molecular formula is C19H24N2O4. The van der Waals surface area contributed by atoms with Crippen LogP contribution in [0.15, 0.2) is 30.3 Å². The van der Waals surface area contributed by atoms with Crippen LogP contribution < -0.4 is 0 Å². The Morgan fingerprint density at radius 1 is 1.08 bits per heavy atom. The average molecular weight is 344 g/mol. The monoisotopic (exact) mass is 344 g/mol. The number of aliphatic carboxylic acids is 1. The molecule has 2 aliphatic heterocycles. The van der Waals surface area contributed by atoms with E-state index in [4.69, 9.17) is 0 Å². The van der Waals surface area contributed by atoms with Crippen LogP contribution in [0.5, 0.6) is 0 Å². The predicted octanol–water partition coefficient (Wildman–Crippen LogP) is 1.72. The van der Waals surface area contributed by atoms with Crippen molar-refractivity contribution < 1.29 is 19.5 Å². The van der Waals surface area contributed by atoms with E-state index < -0.39 is 11.9 Å². The maximum Gasteiger partial charge on any atom is 0.308 e. The summed E-state index contributed by atoms with van der Waals surface area (Å²) in [6, 6.07) is 9.48. The van der Waals surface area contributed by atoms with Crippen LogP contribution in [0.4, 0.5) is 0 Å². The number of carboxylic acid groups (broad SMARTS) is 1. The summed E-state index contributed by atoms with van der Waals surface area (Å²) in [5.74, 6) is -1.82. The number of hydrogen-bond donors (Lipinski definition) is 1. The number of likely N-dealkylation sites (tertiary alicyclic amines) is 2. The number of carboxylic acids is 1. The highest BCUT2D eigenvalue weighted by Gasteiger charge is 2.40. The van der Waals surface area contributed by atoms with Gasteiger partial charge >= 0.3 is 5.97 Å². The van der Waals surface area contributed by atoms with Crippen molar-refractivity contribution in [2.75, 3.05) is 26.2 Å². The van der Waals surface area contributed by atoms with Gasteiger partial charge in [0.15, 0.2) is 0 Å². The Labute approximate surface area is 147 Å². The van der Waals surface area contributed by atoms with Gasteiger partial charge in [-0.25, -0.2) is 0 Å². The van der Waals surface area contributed by atoms with Gasteiger partial charge in [-0.15, -0.1) is 0 Å². The van der Waals surface area contributed by atoms with Crippen LogP contribution in [0.3, 0.4) is 0 Å². The first-order chi connectivity index (χ1) is 12.1. The van der Waals surface area contributed by atoms with Gasteiger partial charge in [-0.2, -0.15) is 0 Å². The highest BCUT2D eigenvalue weighted by atomic mass is 16.4. The van der Waals surface area contributed by atoms with E-state index in [9.17, 15) is 19.5 Å². The first-order valence-corrected chi connectivity index (χ1v) is 8.89. The first-order valence-electron chi connectivity index (χ1n) is 8.89. The van der Waals surface area contributed by atoms with Crippen LogP contribution in [0, 0.1) is 5.92 Å². The molecule has 0 unspecified atom stereocenters. The van der Waals surface area contributed by atoms with E-state index in [2.05, 4.69) is 0 Å². The summed E-state index contributed by atoms with van der Waals surface area (Å²) in [4.78, 5) is 39.6. The van der Waals surface area contributed by atoms with Gasteiger partial charge in [0, 0.05) is 32.0 Å². The second kappa shape index (κ2) is 7.68. The minimum Gasteiger partial charge on any atom is -0.481 e. The highest BCUT2D eigenvalue weighted by molar-refractivity contribution is 5.86. The molecule has 6 heteroatoms. The summed E-state index contributed by atoms with van der Waals surface area (Å²) in [6.07, 6.45) is 3.31. The van der Waals surface area contributed by atoms with Crippen molar-refractivity contribution in [2.24, 2.45) is 5.92 Å². The molecule has 2 amide bonds. The molecule has 0 bridgehead atoms. The normalized spacial score (nSPS) is 24.2. The van der Waals surface area contributed by atoms with Crippen LogP contribution >= 0.6 is 0 Å². The molecule has 2 atom stereocenters. The number of carbonyl (C=O) groups excluding carboxylic acids is 2. The molecule has 6 nitrogen and oxygen atoms in total. The van der Waals surface area contributed by atoms with E-state index in [1.807, 2.05) is 30.3 Å². The maximum atomic E-state index is 12.7. The Kier molecular flexibility index (Phi) is 5.36. The lowest BCUT2D eigenvalue weighted by molar-refractivity contribution is -0.143. The molecular weight excluding hydrogens is 320 g/mol. The number of amides is 2. The van der Waals surface area contributed by atoms with E-state index in [1.54, 1.807) is 9.80 Å². The van der Waals surface area contributed by atoms with Crippen molar-refractivity contribution in [2.45, 2.75) is 31.6 Å². The number of carbonyl (C=O) groups is 3. The zero-order valence-electron chi connectivity index (χ0n) is 14.3. The number of nitrogens with zero attached hydrogens (tertiary/aromatic N) is 2. The van der Waals surface area contributed by atoms with Crippen LogP contribution in [-0.2, 0) is 14.4 Å². The Balaban J connectivity index is 1.69. The molecule has 0 aliphatic carbocycles. The van der Waals surface area contributed by atoms with Gasteiger partial charge in [0.25, 0.3) is 0 Å². The smallest absolute Gasteiger partial charge is 0.308 e. The van der Waals surface area contributed by atoms with Crippen LogP contribution in [0.25, 0.3) is 0 Å². The summed E-state index contributed by atoms with van der Waals surface area (Å²) in [5, 5.41) is 9.54. The molecule has 2 fully saturated rings. The number of rotatable bonds is 4. The van der Waals surface area contributed by atoms with Crippen molar-refractivity contribution in [1.29, 1.82) is 0 Å². The topological polar surface area (TPSA) is 77.9 Å². The number of hydrogen-bond acceptors (Lipinski definition) is 3. The van der Waals surface area contributed by atoms with Gasteiger partial charge < -0.3 is 14.9 Å². The summed E-state index contributed by atoms with van der Waals surface area (Å²) in [7, 11) is 0. The minimum absolute atomic E-state index is 0.0273. The Morgan fingerprint density at radius 2 is 1.84 bits per heavy atom. The molecule has 2 heterocycles. The zero-order valence-corrected chi connectivity index (χ0v) is 14.3. The molecule has 0 spiro atoms. The summed E-state index contributed by atoms with van der Waals surface area (Å²) in [5.41, 5.74) is 0.941. The largest absolute Gasteiger partial charge is 0.481 e. The van der Waals surface area contributed by atoms with E-state index in [-0.39, 0.29) is 30.8 Å². The highest BCUT2D eigenvalue weighted by Crippen LogP contribution is 2.33. The molecule has 2 saturated heterocycles. The fourth-order valence-corrected chi connectivity index (χ4v) is 3.76. The Bertz CT molecular complexity index is 646. The molecule has 1 aromatic carbocycles. The van der Waals surface area contributed by atoms with Crippen LogP contribution in [0.1, 0.15) is 37.2 Å². The van der Waals surface area contributed by atoms with Crippen molar-refractivity contribution >= 4 is 17.8 Å². The summed E-state index contributed by atoms with van der Waals surface area (Å²) in [6.45, 7) is 1.27. The second-order valence-corrected chi connectivity index (χ2v) is 6.89. The lowest BCUT2D eigenvalue weighted by atomic mass is 9.89. The fourth-order valence-electron chi connectivity index (χ4n) is 3.76. The summed E-state index contributed by atoms with van der Waals surface area (Å²) >= 11 is 0. The molecule has 1 aromatic rings. The molecule has 0 radical (unpaired) electrons. The Hall–Kier alpha value is -2.37. The van der Waals surface area contributed by atoms with Crippen molar-refractivity contribution in [1.82, 2.24) is 9.80 Å². The zero-order chi connectivity index (χ0) is 17.8. The lowest BCUT2D eigenvalue weighted by Crippen LogP contribution is -2.42. The Morgan fingerprint density at radius 3 is 2.56 bits per heavy atom. The van der Waals surface area contributed by atoms with Gasteiger partial charge in [0.1, 0.15) is 0 Å².